The monoisotopic (exact) mass is 483 g/mol. The van der Waals surface area contributed by atoms with Gasteiger partial charge in [-0.2, -0.15) is 0 Å². The van der Waals surface area contributed by atoms with Crippen LogP contribution < -0.4 is 5.32 Å². The molecule has 1 fully saturated rings. The van der Waals surface area contributed by atoms with E-state index in [0.29, 0.717) is 6.10 Å². The molecule has 1 rings (SSSR count). The van der Waals surface area contributed by atoms with Crippen LogP contribution in [0.1, 0.15) is 65.2 Å². The molecule has 6 heteroatoms. The van der Waals surface area contributed by atoms with E-state index in [1.54, 1.807) is 7.11 Å². The molecule has 1 saturated heterocycles. The van der Waals surface area contributed by atoms with E-state index >= 15 is 0 Å². The number of nitrogens with one attached hydrogen (secondary N) is 1. The highest BCUT2D eigenvalue weighted by Gasteiger charge is 2.21. The number of halogens is 1. The second kappa shape index (κ2) is 17.0. The maximum Gasteiger partial charge on any atom is 0.193 e. The van der Waals surface area contributed by atoms with Crippen LogP contribution in [0, 0.1) is 5.92 Å². The molecule has 1 N–H and O–H groups in total. The third kappa shape index (κ3) is 12.3. The number of guanidine groups is 1. The number of hydrogen-bond donors (Lipinski definition) is 1. The van der Waals surface area contributed by atoms with Crippen LogP contribution in [-0.2, 0) is 9.47 Å². The molecular formula is C20H42IN3O2. The van der Waals surface area contributed by atoms with Crippen LogP contribution in [0.25, 0.3) is 0 Å². The Kier molecular flexibility index (Phi) is 17.0. The van der Waals surface area contributed by atoms with Gasteiger partial charge >= 0.3 is 0 Å². The second-order valence-corrected chi connectivity index (χ2v) is 7.47. The van der Waals surface area contributed by atoms with Gasteiger partial charge in [-0.1, -0.05) is 39.5 Å². The number of aliphatic imine (C=N–C) groups is 1. The zero-order valence-electron chi connectivity index (χ0n) is 17.5. The number of hydrogen-bond acceptors (Lipinski definition) is 3. The van der Waals surface area contributed by atoms with Crippen molar-refractivity contribution in [3.05, 3.63) is 0 Å². The number of nitrogens with zero attached hydrogens (tertiary/aromatic N) is 2. The molecule has 1 heterocycles. The Labute approximate surface area is 178 Å². The van der Waals surface area contributed by atoms with Crippen molar-refractivity contribution in [2.24, 2.45) is 10.9 Å². The first-order chi connectivity index (χ1) is 12.2. The first-order valence-corrected chi connectivity index (χ1v) is 10.2. The van der Waals surface area contributed by atoms with Gasteiger partial charge in [0.1, 0.15) is 0 Å². The first kappa shape index (κ1) is 25.9. The van der Waals surface area contributed by atoms with Crippen molar-refractivity contribution in [2.45, 2.75) is 71.3 Å². The summed E-state index contributed by atoms with van der Waals surface area (Å²) < 4.78 is 11.0. The van der Waals surface area contributed by atoms with E-state index in [0.717, 1.165) is 64.0 Å². The predicted octanol–water partition coefficient (Wildman–Crippen LogP) is 4.30. The number of piperidine rings is 1. The SMILES string of the molecule is CN=C(NCCCCCCC(C)C)N1CCC(OCCCOC)CC1.I. The van der Waals surface area contributed by atoms with Crippen LogP contribution in [0.3, 0.4) is 0 Å². The molecule has 1 aliphatic rings. The molecule has 0 atom stereocenters. The van der Waals surface area contributed by atoms with Crippen molar-refractivity contribution in [1.29, 1.82) is 0 Å². The lowest BCUT2D eigenvalue weighted by Gasteiger charge is -2.34. The summed E-state index contributed by atoms with van der Waals surface area (Å²) in [6, 6.07) is 0. The summed E-state index contributed by atoms with van der Waals surface area (Å²) >= 11 is 0. The van der Waals surface area contributed by atoms with Gasteiger partial charge in [-0.3, -0.25) is 4.99 Å². The highest BCUT2D eigenvalue weighted by molar-refractivity contribution is 14.0. The molecule has 5 nitrogen and oxygen atoms in total. The molecule has 0 amide bonds. The number of methoxy groups -OCH3 is 1. The summed E-state index contributed by atoms with van der Waals surface area (Å²) in [4.78, 5) is 6.82. The van der Waals surface area contributed by atoms with E-state index in [1.165, 1.54) is 32.1 Å². The average molecular weight is 483 g/mol. The Morgan fingerprint density at radius 2 is 1.77 bits per heavy atom. The molecule has 0 aromatic rings. The van der Waals surface area contributed by atoms with Gasteiger partial charge in [0.15, 0.2) is 5.96 Å². The minimum absolute atomic E-state index is 0. The first-order valence-electron chi connectivity index (χ1n) is 10.2. The molecular weight excluding hydrogens is 441 g/mol. The molecule has 156 valence electrons. The van der Waals surface area contributed by atoms with Crippen molar-refractivity contribution < 1.29 is 9.47 Å². The molecule has 0 bridgehead atoms. The number of ether oxygens (including phenoxy) is 2. The number of rotatable bonds is 12. The number of unbranched alkanes of at least 4 members (excludes halogenated alkanes) is 3. The minimum Gasteiger partial charge on any atom is -0.385 e. The van der Waals surface area contributed by atoms with Crippen molar-refractivity contribution in [3.63, 3.8) is 0 Å². The van der Waals surface area contributed by atoms with Crippen molar-refractivity contribution in [3.8, 4) is 0 Å². The van der Waals surface area contributed by atoms with Crippen LogP contribution in [0.5, 0.6) is 0 Å². The molecule has 1 aliphatic heterocycles. The Morgan fingerprint density at radius 3 is 2.38 bits per heavy atom. The third-order valence-electron chi connectivity index (χ3n) is 4.79. The minimum atomic E-state index is 0. The lowest BCUT2D eigenvalue weighted by atomic mass is 10.0. The molecule has 0 unspecified atom stereocenters. The average Bonchev–Trinajstić information content (AvgIpc) is 2.62. The molecule has 0 aromatic heterocycles. The summed E-state index contributed by atoms with van der Waals surface area (Å²) in [6.07, 6.45) is 10.2. The van der Waals surface area contributed by atoms with Crippen LogP contribution in [0.2, 0.25) is 0 Å². The summed E-state index contributed by atoms with van der Waals surface area (Å²) in [5.74, 6) is 1.89. The van der Waals surface area contributed by atoms with Gasteiger partial charge in [-0.05, 0) is 31.6 Å². The van der Waals surface area contributed by atoms with E-state index in [9.17, 15) is 0 Å². The second-order valence-electron chi connectivity index (χ2n) is 7.47. The van der Waals surface area contributed by atoms with Crippen LogP contribution in [0.15, 0.2) is 4.99 Å². The smallest absolute Gasteiger partial charge is 0.193 e. The standard InChI is InChI=1S/C20H41N3O2.HI/c1-18(2)10-7-5-6-8-13-22-20(21-3)23-14-11-19(12-15-23)25-17-9-16-24-4;/h18-19H,5-17H2,1-4H3,(H,21,22);1H. The zero-order valence-corrected chi connectivity index (χ0v) is 19.8. The molecule has 0 aliphatic carbocycles. The van der Waals surface area contributed by atoms with Gasteiger partial charge in [-0.15, -0.1) is 24.0 Å². The van der Waals surface area contributed by atoms with E-state index in [-0.39, 0.29) is 24.0 Å². The van der Waals surface area contributed by atoms with Gasteiger partial charge in [0.25, 0.3) is 0 Å². The van der Waals surface area contributed by atoms with Crippen LogP contribution >= 0.6 is 24.0 Å². The summed E-state index contributed by atoms with van der Waals surface area (Å²) in [6.45, 7) is 9.29. The summed E-state index contributed by atoms with van der Waals surface area (Å²) in [7, 11) is 3.63. The van der Waals surface area contributed by atoms with Crippen molar-refractivity contribution >= 4 is 29.9 Å². The van der Waals surface area contributed by atoms with E-state index in [2.05, 4.69) is 29.1 Å². The highest BCUT2D eigenvalue weighted by atomic mass is 127. The zero-order chi connectivity index (χ0) is 18.3. The van der Waals surface area contributed by atoms with Gasteiger partial charge in [0.2, 0.25) is 0 Å². The number of likely N-dealkylation sites (tertiary alicyclic amines) is 1. The third-order valence-corrected chi connectivity index (χ3v) is 4.79. The van der Waals surface area contributed by atoms with Crippen molar-refractivity contribution in [1.82, 2.24) is 10.2 Å². The Balaban J connectivity index is 0.00000625. The molecule has 0 spiro atoms. The quantitative estimate of drug-likeness (QED) is 0.195. The van der Waals surface area contributed by atoms with Crippen molar-refractivity contribution in [2.75, 3.05) is 47.0 Å². The molecule has 0 radical (unpaired) electrons. The maximum atomic E-state index is 5.93. The van der Waals surface area contributed by atoms with Gasteiger partial charge in [0.05, 0.1) is 6.10 Å². The Morgan fingerprint density at radius 1 is 1.08 bits per heavy atom. The largest absolute Gasteiger partial charge is 0.385 e. The van der Waals surface area contributed by atoms with Gasteiger partial charge in [0, 0.05) is 47.0 Å². The Bertz CT molecular complexity index is 346. The van der Waals surface area contributed by atoms with E-state index in [1.807, 2.05) is 7.05 Å². The van der Waals surface area contributed by atoms with Gasteiger partial charge < -0.3 is 19.7 Å². The Hall–Kier alpha value is -0.0800. The fraction of sp³-hybridized carbons (Fsp3) is 0.950. The highest BCUT2D eigenvalue weighted by Crippen LogP contribution is 2.14. The van der Waals surface area contributed by atoms with E-state index in [4.69, 9.17) is 9.47 Å². The lowest BCUT2D eigenvalue weighted by Crippen LogP contribution is -2.47. The van der Waals surface area contributed by atoms with Crippen LogP contribution in [0.4, 0.5) is 0 Å². The topological polar surface area (TPSA) is 46.1 Å². The molecule has 0 saturated carbocycles. The van der Waals surface area contributed by atoms with E-state index < -0.39 is 0 Å². The fourth-order valence-corrected chi connectivity index (χ4v) is 3.25. The predicted molar refractivity (Wildman–Crippen MR) is 122 cm³/mol. The summed E-state index contributed by atoms with van der Waals surface area (Å²) in [5, 5.41) is 3.53. The molecule has 0 aromatic carbocycles. The lowest BCUT2D eigenvalue weighted by molar-refractivity contribution is 0.00991. The molecule has 26 heavy (non-hydrogen) atoms. The normalized spacial score (nSPS) is 16.0. The summed E-state index contributed by atoms with van der Waals surface area (Å²) in [5.41, 5.74) is 0. The van der Waals surface area contributed by atoms with Gasteiger partial charge in [-0.25, -0.2) is 0 Å². The maximum absolute atomic E-state index is 5.93. The van der Waals surface area contributed by atoms with Crippen LogP contribution in [-0.4, -0.2) is 64.0 Å². The fourth-order valence-electron chi connectivity index (χ4n) is 3.25.